The van der Waals surface area contributed by atoms with Crippen molar-refractivity contribution in [3.05, 3.63) is 35.6 Å². The first-order valence-corrected chi connectivity index (χ1v) is 9.33. The molecule has 1 fully saturated rings. The number of amides is 2. The van der Waals surface area contributed by atoms with Crippen LogP contribution in [0.25, 0.3) is 0 Å². The quantitative estimate of drug-likeness (QED) is 0.795. The molecule has 140 valence electrons. The van der Waals surface area contributed by atoms with Gasteiger partial charge in [-0.15, -0.1) is 0 Å². The maximum absolute atomic E-state index is 12.5. The van der Waals surface area contributed by atoms with Crippen molar-refractivity contribution in [1.82, 2.24) is 4.90 Å². The molecule has 6 heteroatoms. The van der Waals surface area contributed by atoms with E-state index in [9.17, 15) is 14.7 Å². The molecule has 26 heavy (non-hydrogen) atoms. The standard InChI is InChI=1S/C20H27N3O3/c1-14(2)12-23-13-17(24)18(20(23)26)19(25)21-15-6-8-16(9-7-15)22-10-4-3-5-11-22/h6-9,14,24H,3-5,10-13H2,1-2H3,(H,21,25). The van der Waals surface area contributed by atoms with Gasteiger partial charge in [0.15, 0.2) is 0 Å². The van der Waals surface area contributed by atoms with E-state index in [4.69, 9.17) is 0 Å². The second kappa shape index (κ2) is 7.81. The fraction of sp³-hybridized carbons (Fsp3) is 0.500. The molecule has 1 saturated heterocycles. The fourth-order valence-corrected chi connectivity index (χ4v) is 3.53. The van der Waals surface area contributed by atoms with E-state index in [0.29, 0.717) is 12.2 Å². The second-order valence-corrected chi connectivity index (χ2v) is 7.45. The molecule has 0 aliphatic carbocycles. The number of rotatable bonds is 5. The predicted octanol–water partition coefficient (Wildman–Crippen LogP) is 2.93. The van der Waals surface area contributed by atoms with Crippen molar-refractivity contribution in [2.75, 3.05) is 36.4 Å². The van der Waals surface area contributed by atoms with Crippen LogP contribution >= 0.6 is 0 Å². The average molecular weight is 357 g/mol. The Hall–Kier alpha value is -2.50. The first-order chi connectivity index (χ1) is 12.5. The number of nitrogens with zero attached hydrogens (tertiary/aromatic N) is 2. The number of anilines is 2. The molecule has 2 heterocycles. The molecule has 0 radical (unpaired) electrons. The van der Waals surface area contributed by atoms with Gasteiger partial charge in [0.25, 0.3) is 11.8 Å². The molecule has 2 aliphatic rings. The van der Waals surface area contributed by atoms with Crippen molar-refractivity contribution >= 4 is 23.2 Å². The predicted molar refractivity (Wildman–Crippen MR) is 102 cm³/mol. The minimum absolute atomic E-state index is 0.105. The Kier molecular flexibility index (Phi) is 5.49. The number of nitrogens with one attached hydrogen (secondary N) is 1. The van der Waals surface area contributed by atoms with Crippen LogP contribution in [0.15, 0.2) is 35.6 Å². The third-order valence-corrected chi connectivity index (χ3v) is 4.79. The Labute approximate surface area is 154 Å². The molecule has 1 aromatic rings. The highest BCUT2D eigenvalue weighted by atomic mass is 16.3. The van der Waals surface area contributed by atoms with Gasteiger partial charge >= 0.3 is 0 Å². The van der Waals surface area contributed by atoms with Crippen LogP contribution in [-0.2, 0) is 9.59 Å². The zero-order chi connectivity index (χ0) is 18.7. The largest absolute Gasteiger partial charge is 0.509 e. The normalized spacial score (nSPS) is 18.0. The third-order valence-electron chi connectivity index (χ3n) is 4.79. The molecule has 0 unspecified atom stereocenters. The topological polar surface area (TPSA) is 72.9 Å². The van der Waals surface area contributed by atoms with Crippen LogP contribution in [0.2, 0.25) is 0 Å². The summed E-state index contributed by atoms with van der Waals surface area (Å²) in [6.45, 7) is 6.73. The molecular weight excluding hydrogens is 330 g/mol. The second-order valence-electron chi connectivity index (χ2n) is 7.45. The lowest BCUT2D eigenvalue weighted by Gasteiger charge is -2.28. The summed E-state index contributed by atoms with van der Waals surface area (Å²) in [5.74, 6) is -0.835. The highest BCUT2D eigenvalue weighted by Crippen LogP contribution is 2.24. The number of benzene rings is 1. The molecule has 0 saturated carbocycles. The Bertz CT molecular complexity index is 704. The Morgan fingerprint density at radius 1 is 1.15 bits per heavy atom. The van der Waals surface area contributed by atoms with Crippen LogP contribution in [0.5, 0.6) is 0 Å². The van der Waals surface area contributed by atoms with Crippen molar-refractivity contribution < 1.29 is 14.7 Å². The molecule has 0 spiro atoms. The molecule has 3 rings (SSSR count). The first kappa shape index (κ1) is 18.3. The monoisotopic (exact) mass is 357 g/mol. The highest BCUT2D eigenvalue weighted by Gasteiger charge is 2.35. The van der Waals surface area contributed by atoms with E-state index in [1.54, 1.807) is 0 Å². The van der Waals surface area contributed by atoms with Crippen LogP contribution in [0, 0.1) is 5.92 Å². The number of carbonyl (C=O) groups excluding carboxylic acids is 2. The van der Waals surface area contributed by atoms with Crippen LogP contribution in [0.4, 0.5) is 11.4 Å². The highest BCUT2D eigenvalue weighted by molar-refractivity contribution is 6.24. The first-order valence-electron chi connectivity index (χ1n) is 9.33. The van der Waals surface area contributed by atoms with Gasteiger partial charge < -0.3 is 20.2 Å². The Morgan fingerprint density at radius 2 is 1.81 bits per heavy atom. The summed E-state index contributed by atoms with van der Waals surface area (Å²) in [6, 6.07) is 7.64. The van der Waals surface area contributed by atoms with Crippen molar-refractivity contribution in [3.8, 4) is 0 Å². The smallest absolute Gasteiger partial charge is 0.264 e. The van der Waals surface area contributed by atoms with Crippen LogP contribution in [0.1, 0.15) is 33.1 Å². The summed E-state index contributed by atoms with van der Waals surface area (Å²) < 4.78 is 0. The number of hydrogen-bond acceptors (Lipinski definition) is 4. The number of hydrogen-bond donors (Lipinski definition) is 2. The maximum Gasteiger partial charge on any atom is 0.264 e. The average Bonchev–Trinajstić information content (AvgIpc) is 2.89. The molecule has 6 nitrogen and oxygen atoms in total. The van der Waals surface area contributed by atoms with Crippen LogP contribution < -0.4 is 10.2 Å². The molecule has 0 bridgehead atoms. The van der Waals surface area contributed by atoms with Gasteiger partial charge in [0, 0.05) is 31.0 Å². The fourth-order valence-electron chi connectivity index (χ4n) is 3.53. The van der Waals surface area contributed by atoms with Gasteiger partial charge in [0.2, 0.25) is 0 Å². The van der Waals surface area contributed by atoms with Gasteiger partial charge in [-0.05, 0) is 49.4 Å². The summed E-state index contributed by atoms with van der Waals surface area (Å²) in [5.41, 5.74) is 1.61. The lowest BCUT2D eigenvalue weighted by atomic mass is 10.1. The number of aliphatic hydroxyl groups excluding tert-OH is 1. The van der Waals surface area contributed by atoms with Crippen molar-refractivity contribution in [2.45, 2.75) is 33.1 Å². The molecule has 2 amide bonds. The van der Waals surface area contributed by atoms with Crippen molar-refractivity contribution in [1.29, 1.82) is 0 Å². The molecule has 0 atom stereocenters. The SMILES string of the molecule is CC(C)CN1CC(O)=C(C(=O)Nc2ccc(N3CCCCC3)cc2)C1=O. The van der Waals surface area contributed by atoms with Gasteiger partial charge in [-0.3, -0.25) is 9.59 Å². The Morgan fingerprint density at radius 3 is 2.42 bits per heavy atom. The van der Waals surface area contributed by atoms with Gasteiger partial charge in [-0.25, -0.2) is 0 Å². The minimum Gasteiger partial charge on any atom is -0.509 e. The van der Waals surface area contributed by atoms with E-state index in [2.05, 4.69) is 10.2 Å². The van der Waals surface area contributed by atoms with Crippen molar-refractivity contribution in [2.24, 2.45) is 5.92 Å². The van der Waals surface area contributed by atoms with Gasteiger partial charge in [0.1, 0.15) is 11.3 Å². The molecular formula is C20H27N3O3. The molecule has 0 aromatic heterocycles. The van der Waals surface area contributed by atoms with E-state index in [1.807, 2.05) is 38.1 Å². The van der Waals surface area contributed by atoms with Gasteiger partial charge in [-0.2, -0.15) is 0 Å². The van der Waals surface area contributed by atoms with Crippen LogP contribution in [-0.4, -0.2) is 48.0 Å². The number of piperidine rings is 1. The van der Waals surface area contributed by atoms with E-state index in [0.717, 1.165) is 18.8 Å². The molecule has 2 aliphatic heterocycles. The number of aliphatic hydroxyl groups is 1. The van der Waals surface area contributed by atoms with E-state index in [1.165, 1.54) is 24.2 Å². The minimum atomic E-state index is -0.551. The van der Waals surface area contributed by atoms with Crippen molar-refractivity contribution in [3.63, 3.8) is 0 Å². The van der Waals surface area contributed by atoms with Gasteiger partial charge in [0.05, 0.1) is 6.54 Å². The maximum atomic E-state index is 12.5. The summed E-state index contributed by atoms with van der Waals surface area (Å²) in [5, 5.41) is 12.8. The number of carbonyl (C=O) groups is 2. The third kappa shape index (κ3) is 4.00. The summed E-state index contributed by atoms with van der Waals surface area (Å²) in [7, 11) is 0. The van der Waals surface area contributed by atoms with Gasteiger partial charge in [-0.1, -0.05) is 13.8 Å². The van der Waals surface area contributed by atoms with E-state index >= 15 is 0 Å². The van der Waals surface area contributed by atoms with Crippen LogP contribution in [0.3, 0.4) is 0 Å². The lowest BCUT2D eigenvalue weighted by Crippen LogP contribution is -2.33. The Balaban J connectivity index is 1.64. The van der Waals surface area contributed by atoms with E-state index < -0.39 is 11.8 Å². The zero-order valence-electron chi connectivity index (χ0n) is 15.5. The lowest BCUT2D eigenvalue weighted by molar-refractivity contribution is -0.127. The zero-order valence-corrected chi connectivity index (χ0v) is 15.5. The summed E-state index contributed by atoms with van der Waals surface area (Å²) >= 11 is 0. The molecule has 1 aromatic carbocycles. The summed E-state index contributed by atoms with van der Waals surface area (Å²) in [6.07, 6.45) is 3.70. The van der Waals surface area contributed by atoms with E-state index in [-0.39, 0.29) is 23.8 Å². The summed E-state index contributed by atoms with van der Waals surface area (Å²) in [4.78, 5) is 28.7. The molecule has 2 N–H and O–H groups in total.